The maximum atomic E-state index is 17.1. The predicted octanol–water partition coefficient (Wildman–Crippen LogP) is 4.99. The summed E-state index contributed by atoms with van der Waals surface area (Å²) >= 11 is 0. The number of carbonyl (C=O) groups excluding carboxylic acids is 3. The minimum Gasteiger partial charge on any atom is -0.508 e. The summed E-state index contributed by atoms with van der Waals surface area (Å²) in [4.78, 5) is 60.0. The average Bonchev–Trinajstić information content (AvgIpc) is 3.88. The Hall–Kier alpha value is -6.21. The molecule has 1 saturated carbocycles. The van der Waals surface area contributed by atoms with Crippen LogP contribution in [-0.2, 0) is 22.7 Å². The van der Waals surface area contributed by atoms with E-state index in [1.54, 1.807) is 23.2 Å². The van der Waals surface area contributed by atoms with Crippen LogP contribution >= 0.6 is 0 Å². The van der Waals surface area contributed by atoms with Crippen LogP contribution in [0.25, 0.3) is 32.9 Å². The van der Waals surface area contributed by atoms with E-state index in [0.717, 1.165) is 89.2 Å². The quantitative estimate of drug-likeness (QED) is 0.102. The molecule has 3 N–H and O–H groups in total. The molecule has 1 aliphatic carbocycles. The van der Waals surface area contributed by atoms with Crippen molar-refractivity contribution in [2.45, 2.75) is 76.7 Å². The number of halogens is 1. The number of nitrogens with zero attached hydrogens (tertiary/aromatic N) is 7. The summed E-state index contributed by atoms with van der Waals surface area (Å²) in [7, 11) is 0. The van der Waals surface area contributed by atoms with E-state index in [2.05, 4.69) is 42.3 Å². The second-order valence-corrected chi connectivity index (χ2v) is 18.3. The zero-order chi connectivity index (χ0) is 44.1. The van der Waals surface area contributed by atoms with Crippen molar-refractivity contribution in [3.63, 3.8) is 0 Å². The molecule has 5 aromatic rings. The lowest BCUT2D eigenvalue weighted by Gasteiger charge is -2.36. The highest BCUT2D eigenvalue weighted by Crippen LogP contribution is 2.47. The second kappa shape index (κ2) is 17.1. The van der Waals surface area contributed by atoms with Gasteiger partial charge in [-0.2, -0.15) is 9.97 Å². The first-order chi connectivity index (χ1) is 31.1. The summed E-state index contributed by atoms with van der Waals surface area (Å²) in [6.45, 7) is 9.38. The van der Waals surface area contributed by atoms with Crippen LogP contribution in [-0.4, -0.2) is 124 Å². The van der Waals surface area contributed by atoms with Gasteiger partial charge in [0, 0.05) is 105 Å². The zero-order valence-electron chi connectivity index (χ0n) is 36.0. The van der Waals surface area contributed by atoms with Gasteiger partial charge < -0.3 is 29.9 Å². The van der Waals surface area contributed by atoms with Crippen LogP contribution < -0.4 is 20.3 Å². The van der Waals surface area contributed by atoms with Crippen LogP contribution in [0.4, 0.5) is 10.2 Å². The maximum absolute atomic E-state index is 17.1. The summed E-state index contributed by atoms with van der Waals surface area (Å²) in [5, 5.41) is 18.4. The van der Waals surface area contributed by atoms with Crippen LogP contribution in [0.3, 0.4) is 0 Å². The number of pyridine rings is 1. The van der Waals surface area contributed by atoms with Crippen molar-refractivity contribution in [1.82, 2.24) is 40.3 Å². The van der Waals surface area contributed by atoms with Gasteiger partial charge in [-0.1, -0.05) is 43.5 Å². The highest BCUT2D eigenvalue weighted by Gasteiger charge is 2.46. The summed E-state index contributed by atoms with van der Waals surface area (Å²) in [5.74, 6) is 2.04. The van der Waals surface area contributed by atoms with Crippen LogP contribution in [0.5, 0.6) is 11.8 Å². The number of ether oxygens (including phenoxy) is 1. The number of carbonyl (C=O) groups is 3. The van der Waals surface area contributed by atoms with E-state index in [-0.39, 0.29) is 34.3 Å². The third-order valence-corrected chi connectivity index (χ3v) is 13.9. The van der Waals surface area contributed by atoms with Gasteiger partial charge in [-0.3, -0.25) is 29.6 Å². The minimum absolute atomic E-state index is 0.0221. The van der Waals surface area contributed by atoms with Crippen molar-refractivity contribution in [2.75, 3.05) is 57.3 Å². The number of aromatic nitrogens is 3. The molecule has 3 saturated heterocycles. The summed E-state index contributed by atoms with van der Waals surface area (Å²) in [6, 6.07) is 14.6. The first kappa shape index (κ1) is 41.8. The highest BCUT2D eigenvalue weighted by atomic mass is 19.1. The molecular weight excluding hydrogens is 814 g/mol. The number of fused-ring (bicyclic) bond motifs is 5. The van der Waals surface area contributed by atoms with E-state index in [1.807, 2.05) is 31.2 Å². The molecule has 5 aliphatic rings. The molecule has 6 heterocycles. The molecule has 2 bridgehead atoms. The van der Waals surface area contributed by atoms with Gasteiger partial charge >= 0.3 is 6.01 Å². The fourth-order valence-corrected chi connectivity index (χ4v) is 10.4. The van der Waals surface area contributed by atoms with Gasteiger partial charge in [0.15, 0.2) is 5.82 Å². The maximum Gasteiger partial charge on any atom is 0.319 e. The van der Waals surface area contributed by atoms with Crippen molar-refractivity contribution in [2.24, 2.45) is 5.41 Å². The number of hydrogen-bond acceptors (Lipinski definition) is 12. The number of hydrogen-bond donors (Lipinski definition) is 3. The molecule has 0 spiro atoms. The topological polar surface area (TPSA) is 156 Å². The SMILES string of the molecule is C#Cc1cccc2cc(O)cc(-c3ncc4c(N5CC6CCC(C5)N6)nc(OCC5(CN6CCN(Cc7ccc8c(c7)CN(C(CCC)C(=O)NC=O)C8=O)CC6)CC5)nc4c3F)c12. The molecular formula is C49H52FN9O5. The first-order valence-electron chi connectivity index (χ1n) is 22.5. The van der Waals surface area contributed by atoms with Gasteiger partial charge in [0.25, 0.3) is 5.91 Å². The van der Waals surface area contributed by atoms with Crippen molar-refractivity contribution in [3.05, 3.63) is 82.8 Å². The number of phenolic OH excluding ortho intramolecular Hbond substituents is 1. The van der Waals surface area contributed by atoms with Crippen molar-refractivity contribution < 1.29 is 28.6 Å². The predicted molar refractivity (Wildman–Crippen MR) is 240 cm³/mol. The molecule has 2 aromatic heterocycles. The van der Waals surface area contributed by atoms with Gasteiger partial charge in [-0.05, 0) is 72.9 Å². The number of piperazine rings is 2. The lowest BCUT2D eigenvalue weighted by molar-refractivity contribution is -0.129. The first-order valence-corrected chi connectivity index (χ1v) is 22.5. The monoisotopic (exact) mass is 865 g/mol. The largest absolute Gasteiger partial charge is 0.508 e. The third-order valence-electron chi connectivity index (χ3n) is 13.9. The number of rotatable bonds is 14. The van der Waals surface area contributed by atoms with E-state index < -0.39 is 17.8 Å². The lowest BCUT2D eigenvalue weighted by atomic mass is 9.96. The van der Waals surface area contributed by atoms with Gasteiger partial charge in [0.1, 0.15) is 28.8 Å². The smallest absolute Gasteiger partial charge is 0.319 e. The fourth-order valence-electron chi connectivity index (χ4n) is 10.4. The molecule has 10 rings (SSSR count). The van der Waals surface area contributed by atoms with E-state index in [1.165, 1.54) is 6.07 Å². The van der Waals surface area contributed by atoms with Gasteiger partial charge in [0.2, 0.25) is 12.3 Å². The van der Waals surface area contributed by atoms with Gasteiger partial charge in [0.05, 0.1) is 12.0 Å². The molecule has 64 heavy (non-hydrogen) atoms. The Kier molecular flexibility index (Phi) is 11.1. The summed E-state index contributed by atoms with van der Waals surface area (Å²) in [6.07, 6.45) is 13.3. The van der Waals surface area contributed by atoms with E-state index in [4.69, 9.17) is 21.1 Å². The highest BCUT2D eigenvalue weighted by molar-refractivity contribution is 6.03. The Morgan fingerprint density at radius 2 is 1.86 bits per heavy atom. The molecule has 14 nitrogen and oxygen atoms in total. The van der Waals surface area contributed by atoms with E-state index in [0.29, 0.717) is 83.2 Å². The number of amides is 3. The molecule has 3 amide bonds. The number of aromatic hydroxyl groups is 1. The number of imide groups is 1. The van der Waals surface area contributed by atoms with Crippen LogP contribution in [0.2, 0.25) is 0 Å². The van der Waals surface area contributed by atoms with Crippen LogP contribution in [0.1, 0.15) is 72.5 Å². The molecule has 3 atom stereocenters. The molecule has 4 fully saturated rings. The molecule has 3 unspecified atom stereocenters. The Labute approximate surface area is 371 Å². The van der Waals surface area contributed by atoms with Crippen LogP contribution in [0, 0.1) is 23.6 Å². The van der Waals surface area contributed by atoms with Gasteiger partial charge in [-0.25, -0.2) is 4.39 Å². The zero-order valence-corrected chi connectivity index (χ0v) is 36.0. The Morgan fingerprint density at radius 1 is 1.08 bits per heavy atom. The fraction of sp³-hybridized carbons (Fsp3) is 0.429. The normalized spacial score (nSPS) is 20.9. The molecule has 0 radical (unpaired) electrons. The number of anilines is 1. The number of benzene rings is 3. The average molecular weight is 866 g/mol. The lowest BCUT2D eigenvalue weighted by Crippen LogP contribution is -2.51. The minimum atomic E-state index is -0.687. The summed E-state index contributed by atoms with van der Waals surface area (Å²) < 4.78 is 23.6. The standard InChI is InChI=1S/C49H52FN9O5/c1-3-6-40(46(62)52-29-60)59-24-33-19-30(9-12-37(33)47(59)63)23-56-15-17-57(18-16-56)27-49(13-14-49)28-64-48-54-44-39(45(55-48)58-25-34-10-11-35(26-58)53-34)22-51-43(42(44)50)38-21-36(61)20-32-8-5-7-31(4-2)41(32)38/h2,5,7-9,12,19-22,29,34-35,40,53,61H,3,6,10-11,13-18,23-28H2,1H3,(H,52,60,62). The van der Waals surface area contributed by atoms with E-state index in [9.17, 15) is 19.5 Å². The Morgan fingerprint density at radius 3 is 2.59 bits per heavy atom. The molecule has 15 heteroatoms. The molecule has 3 aromatic carbocycles. The molecule has 4 aliphatic heterocycles. The Bertz CT molecular complexity index is 2700. The second-order valence-electron chi connectivity index (χ2n) is 18.3. The number of nitrogens with one attached hydrogen (secondary N) is 2. The van der Waals surface area contributed by atoms with Crippen molar-refractivity contribution in [1.29, 1.82) is 0 Å². The number of phenols is 1. The number of terminal acetylenes is 1. The Balaban J connectivity index is 0.830. The molecule has 330 valence electrons. The van der Waals surface area contributed by atoms with Crippen LogP contribution in [0.15, 0.2) is 54.7 Å². The van der Waals surface area contributed by atoms with Crippen molar-refractivity contribution >= 4 is 45.7 Å². The van der Waals surface area contributed by atoms with Gasteiger partial charge in [-0.15, -0.1) is 6.42 Å². The van der Waals surface area contributed by atoms with Crippen molar-refractivity contribution in [3.8, 4) is 35.4 Å². The summed E-state index contributed by atoms with van der Waals surface area (Å²) in [5.41, 5.74) is 3.69. The van der Waals surface area contributed by atoms with E-state index >= 15 is 4.39 Å². The third kappa shape index (κ3) is 7.99.